The van der Waals surface area contributed by atoms with Gasteiger partial charge in [-0.05, 0) is 18.1 Å². The van der Waals surface area contributed by atoms with Crippen LogP contribution < -0.4 is 11.1 Å². The zero-order chi connectivity index (χ0) is 15.4. The zero-order valence-electron chi connectivity index (χ0n) is 12.6. The standard InChI is InChI=1S/C15H21N5O/c1-10(2)12(16)8-14(21)18-13-7-5-4-6-11(13)15-19-17-9-20(15)3/h4-7,9-10,12H,8,16H2,1-3H3,(H,18,21). The van der Waals surface area contributed by atoms with E-state index in [-0.39, 0.29) is 17.9 Å². The van der Waals surface area contributed by atoms with E-state index in [0.29, 0.717) is 12.2 Å². The Morgan fingerprint density at radius 1 is 1.38 bits per heavy atom. The minimum Gasteiger partial charge on any atom is -0.327 e. The van der Waals surface area contributed by atoms with E-state index in [2.05, 4.69) is 15.5 Å². The number of carbonyl (C=O) groups is 1. The Bertz CT molecular complexity index is 620. The number of nitrogens with two attached hydrogens (primary N) is 1. The van der Waals surface area contributed by atoms with Crippen molar-refractivity contribution in [3.05, 3.63) is 30.6 Å². The number of hydrogen-bond acceptors (Lipinski definition) is 4. The molecule has 0 saturated heterocycles. The van der Waals surface area contributed by atoms with Gasteiger partial charge in [-0.3, -0.25) is 4.79 Å². The summed E-state index contributed by atoms with van der Waals surface area (Å²) < 4.78 is 1.81. The Morgan fingerprint density at radius 2 is 2.10 bits per heavy atom. The normalized spacial score (nSPS) is 12.4. The first kappa shape index (κ1) is 15.2. The molecular weight excluding hydrogens is 266 g/mol. The molecule has 1 aromatic carbocycles. The lowest BCUT2D eigenvalue weighted by atomic mass is 10.0. The van der Waals surface area contributed by atoms with Crippen LogP contribution in [0.5, 0.6) is 0 Å². The SMILES string of the molecule is CC(C)C(N)CC(=O)Nc1ccccc1-c1nncn1C. The van der Waals surface area contributed by atoms with Gasteiger partial charge in [-0.1, -0.05) is 26.0 Å². The fourth-order valence-corrected chi connectivity index (χ4v) is 1.97. The maximum absolute atomic E-state index is 12.1. The Morgan fingerprint density at radius 3 is 2.71 bits per heavy atom. The smallest absolute Gasteiger partial charge is 0.225 e. The lowest BCUT2D eigenvalue weighted by Gasteiger charge is -2.16. The number of nitrogens with zero attached hydrogens (tertiary/aromatic N) is 3. The molecule has 0 bridgehead atoms. The predicted octanol–water partition coefficient (Wildman–Crippen LogP) is 1.79. The summed E-state index contributed by atoms with van der Waals surface area (Å²) in [7, 11) is 1.86. The van der Waals surface area contributed by atoms with Crippen LogP contribution in [0.3, 0.4) is 0 Å². The average Bonchev–Trinajstić information content (AvgIpc) is 2.85. The topological polar surface area (TPSA) is 85.8 Å². The van der Waals surface area contributed by atoms with E-state index in [0.717, 1.165) is 11.3 Å². The molecule has 3 N–H and O–H groups in total. The molecule has 2 rings (SSSR count). The van der Waals surface area contributed by atoms with Gasteiger partial charge in [0.05, 0.1) is 5.69 Å². The molecule has 1 atom stereocenters. The predicted molar refractivity (Wildman–Crippen MR) is 82.5 cm³/mol. The second-order valence-electron chi connectivity index (χ2n) is 5.47. The van der Waals surface area contributed by atoms with Crippen LogP contribution in [0, 0.1) is 5.92 Å². The maximum Gasteiger partial charge on any atom is 0.225 e. The van der Waals surface area contributed by atoms with Crippen molar-refractivity contribution in [1.82, 2.24) is 14.8 Å². The number of rotatable bonds is 5. The minimum atomic E-state index is -0.146. The Labute approximate surface area is 124 Å². The third kappa shape index (κ3) is 3.66. The molecule has 6 heteroatoms. The van der Waals surface area contributed by atoms with Crippen LogP contribution in [0.15, 0.2) is 30.6 Å². The van der Waals surface area contributed by atoms with Gasteiger partial charge in [0.15, 0.2) is 5.82 Å². The molecule has 6 nitrogen and oxygen atoms in total. The van der Waals surface area contributed by atoms with Gasteiger partial charge >= 0.3 is 0 Å². The van der Waals surface area contributed by atoms with Crippen molar-refractivity contribution in [1.29, 1.82) is 0 Å². The van der Waals surface area contributed by atoms with Crippen molar-refractivity contribution in [3.8, 4) is 11.4 Å². The maximum atomic E-state index is 12.1. The number of amides is 1. The number of aromatic nitrogens is 3. The van der Waals surface area contributed by atoms with Crippen molar-refractivity contribution in [3.63, 3.8) is 0 Å². The largest absolute Gasteiger partial charge is 0.327 e. The second-order valence-corrected chi connectivity index (χ2v) is 5.47. The van der Waals surface area contributed by atoms with Gasteiger partial charge in [0.25, 0.3) is 0 Å². The van der Waals surface area contributed by atoms with Gasteiger partial charge in [-0.15, -0.1) is 10.2 Å². The highest BCUT2D eigenvalue weighted by atomic mass is 16.1. The zero-order valence-corrected chi connectivity index (χ0v) is 12.6. The summed E-state index contributed by atoms with van der Waals surface area (Å²) in [6.45, 7) is 4.01. The number of nitrogens with one attached hydrogen (secondary N) is 1. The van der Waals surface area contributed by atoms with E-state index in [1.54, 1.807) is 6.33 Å². The Kier molecular flexibility index (Phi) is 4.70. The van der Waals surface area contributed by atoms with Crippen molar-refractivity contribution in [2.75, 3.05) is 5.32 Å². The molecule has 21 heavy (non-hydrogen) atoms. The summed E-state index contributed by atoms with van der Waals surface area (Å²) in [5.74, 6) is 0.884. The van der Waals surface area contributed by atoms with Gasteiger partial charge in [0, 0.05) is 25.1 Å². The molecule has 0 saturated carbocycles. The van der Waals surface area contributed by atoms with Gasteiger partial charge < -0.3 is 15.6 Å². The van der Waals surface area contributed by atoms with Crippen LogP contribution in [0.2, 0.25) is 0 Å². The first-order chi connectivity index (χ1) is 9.99. The average molecular weight is 287 g/mol. The summed E-state index contributed by atoms with van der Waals surface area (Å²) in [5, 5.41) is 10.9. The molecule has 112 valence electrons. The van der Waals surface area contributed by atoms with E-state index in [1.807, 2.05) is 49.7 Å². The molecule has 0 fully saturated rings. The van der Waals surface area contributed by atoms with E-state index < -0.39 is 0 Å². The first-order valence-electron chi connectivity index (χ1n) is 6.98. The second kappa shape index (κ2) is 6.49. The monoisotopic (exact) mass is 287 g/mol. The molecule has 0 aliphatic heterocycles. The highest BCUT2D eigenvalue weighted by Crippen LogP contribution is 2.25. The van der Waals surface area contributed by atoms with Crippen molar-refractivity contribution in [2.45, 2.75) is 26.3 Å². The van der Waals surface area contributed by atoms with Gasteiger partial charge in [0.2, 0.25) is 5.91 Å². The number of anilines is 1. The van der Waals surface area contributed by atoms with Crippen LogP contribution in [-0.4, -0.2) is 26.7 Å². The van der Waals surface area contributed by atoms with Crippen LogP contribution in [-0.2, 0) is 11.8 Å². The highest BCUT2D eigenvalue weighted by Gasteiger charge is 2.15. The van der Waals surface area contributed by atoms with Crippen LogP contribution in [0.25, 0.3) is 11.4 Å². The highest BCUT2D eigenvalue weighted by molar-refractivity contribution is 5.95. The molecule has 0 radical (unpaired) electrons. The van der Waals surface area contributed by atoms with E-state index in [4.69, 9.17) is 5.73 Å². The molecule has 1 unspecified atom stereocenters. The van der Waals surface area contributed by atoms with Crippen LogP contribution in [0.1, 0.15) is 20.3 Å². The summed E-state index contributed by atoms with van der Waals surface area (Å²) in [6, 6.07) is 7.38. The fraction of sp³-hybridized carbons (Fsp3) is 0.400. The van der Waals surface area contributed by atoms with E-state index in [9.17, 15) is 4.79 Å². The van der Waals surface area contributed by atoms with Crippen molar-refractivity contribution < 1.29 is 4.79 Å². The first-order valence-corrected chi connectivity index (χ1v) is 6.98. The lowest BCUT2D eigenvalue weighted by Crippen LogP contribution is -2.31. The summed E-state index contributed by atoms with van der Waals surface area (Å²) in [4.78, 5) is 12.1. The van der Waals surface area contributed by atoms with E-state index >= 15 is 0 Å². The quantitative estimate of drug-likeness (QED) is 0.878. The number of benzene rings is 1. The summed E-state index contributed by atoms with van der Waals surface area (Å²) >= 11 is 0. The van der Waals surface area contributed by atoms with Gasteiger partial charge in [0.1, 0.15) is 6.33 Å². The molecule has 1 amide bonds. The fourth-order valence-electron chi connectivity index (χ4n) is 1.97. The molecule has 0 aliphatic rings. The number of aryl methyl sites for hydroxylation is 1. The number of hydrogen-bond donors (Lipinski definition) is 2. The molecule has 1 aromatic heterocycles. The third-order valence-corrected chi connectivity index (χ3v) is 3.43. The minimum absolute atomic E-state index is 0.0918. The van der Waals surface area contributed by atoms with Crippen molar-refractivity contribution >= 4 is 11.6 Å². The molecule has 0 spiro atoms. The molecule has 1 heterocycles. The summed E-state index contributed by atoms with van der Waals surface area (Å²) in [6.07, 6.45) is 1.92. The lowest BCUT2D eigenvalue weighted by molar-refractivity contribution is -0.116. The Balaban J connectivity index is 2.18. The summed E-state index contributed by atoms with van der Waals surface area (Å²) in [5.41, 5.74) is 7.49. The Hall–Kier alpha value is -2.21. The molecular formula is C15H21N5O. The van der Waals surface area contributed by atoms with Crippen LogP contribution >= 0.6 is 0 Å². The molecule has 0 aliphatic carbocycles. The van der Waals surface area contributed by atoms with Crippen LogP contribution in [0.4, 0.5) is 5.69 Å². The van der Waals surface area contributed by atoms with Gasteiger partial charge in [-0.25, -0.2) is 0 Å². The van der Waals surface area contributed by atoms with Gasteiger partial charge in [-0.2, -0.15) is 0 Å². The van der Waals surface area contributed by atoms with E-state index in [1.165, 1.54) is 0 Å². The third-order valence-electron chi connectivity index (χ3n) is 3.43. The number of para-hydroxylation sites is 1. The molecule has 2 aromatic rings. The van der Waals surface area contributed by atoms with Crippen molar-refractivity contribution in [2.24, 2.45) is 18.7 Å². The number of carbonyl (C=O) groups excluding carboxylic acids is 1.